The van der Waals surface area contributed by atoms with E-state index in [4.69, 9.17) is 5.14 Å². The van der Waals surface area contributed by atoms with Crippen LogP contribution >= 0.6 is 15.9 Å². The lowest BCUT2D eigenvalue weighted by molar-refractivity contribution is 0.571. The lowest BCUT2D eigenvalue weighted by Crippen LogP contribution is -2.18. The number of aromatic nitrogens is 3. The predicted octanol–water partition coefficient (Wildman–Crippen LogP) is 1.68. The molecule has 1 heterocycles. The topological polar surface area (TPSA) is 90.9 Å². The van der Waals surface area contributed by atoms with Gasteiger partial charge in [0.25, 0.3) is 15.2 Å². The number of rotatable bonds is 3. The maximum Gasteiger partial charge on any atom is 0.273 e. The van der Waals surface area contributed by atoms with Gasteiger partial charge < -0.3 is 0 Å². The summed E-state index contributed by atoms with van der Waals surface area (Å²) in [5.74, 6) is 0.479. The van der Waals surface area contributed by atoms with E-state index < -0.39 is 10.0 Å². The summed E-state index contributed by atoms with van der Waals surface area (Å²) < 4.78 is 25.2. The second-order valence-electron chi connectivity index (χ2n) is 4.06. The quantitative estimate of drug-likeness (QED) is 0.916. The van der Waals surface area contributed by atoms with E-state index >= 15 is 0 Å². The van der Waals surface area contributed by atoms with Crippen LogP contribution in [0.5, 0.6) is 0 Å². The Hall–Kier alpha value is -1.25. The summed E-state index contributed by atoms with van der Waals surface area (Å²) in [7, 11) is -3.87. The summed E-state index contributed by atoms with van der Waals surface area (Å²) >= 11 is 3.44. The Kier molecular flexibility index (Phi) is 3.75. The Bertz CT molecular complexity index is 724. The molecule has 0 saturated heterocycles. The van der Waals surface area contributed by atoms with Crippen molar-refractivity contribution in [2.45, 2.75) is 25.5 Å². The lowest BCUT2D eigenvalue weighted by Gasteiger charge is -2.07. The molecule has 0 aliphatic rings. The van der Waals surface area contributed by atoms with Gasteiger partial charge >= 0.3 is 0 Å². The van der Waals surface area contributed by atoms with Crippen LogP contribution in [0.1, 0.15) is 12.5 Å². The molecule has 6 nitrogen and oxygen atoms in total. The van der Waals surface area contributed by atoms with Crippen LogP contribution in [-0.2, 0) is 16.6 Å². The highest BCUT2D eigenvalue weighted by molar-refractivity contribution is 9.10. The van der Waals surface area contributed by atoms with Gasteiger partial charge in [-0.25, -0.2) is 13.6 Å². The number of hydrogen-bond donors (Lipinski definition) is 1. The fourth-order valence-corrected chi connectivity index (χ4v) is 2.79. The molecule has 0 aliphatic heterocycles. The van der Waals surface area contributed by atoms with Crippen molar-refractivity contribution >= 4 is 26.0 Å². The van der Waals surface area contributed by atoms with Gasteiger partial charge in [0.1, 0.15) is 0 Å². The Morgan fingerprint density at radius 1 is 1.37 bits per heavy atom. The van der Waals surface area contributed by atoms with E-state index in [1.807, 2.05) is 32.0 Å². The number of primary sulfonamides is 1. The molecular weight excluding hydrogens is 332 g/mol. The van der Waals surface area contributed by atoms with Gasteiger partial charge in [-0.05, 0) is 25.5 Å². The summed E-state index contributed by atoms with van der Waals surface area (Å²) in [4.78, 5) is 0. The number of nitrogens with zero attached hydrogens (tertiary/aromatic N) is 3. The zero-order valence-corrected chi connectivity index (χ0v) is 12.9. The summed E-state index contributed by atoms with van der Waals surface area (Å²) in [5, 5.41) is 12.5. The molecule has 0 unspecified atom stereocenters. The first-order valence-electron chi connectivity index (χ1n) is 5.57. The van der Waals surface area contributed by atoms with Gasteiger partial charge in [0.2, 0.25) is 0 Å². The standard InChI is InChI=1S/C11H13BrN4O2S/c1-3-16-10(14-15-11(16)19(13,17)18)8-5-4-7(2)9(12)6-8/h4-6H,3H2,1-2H3,(H2,13,17,18). The minimum absolute atomic E-state index is 0.221. The first kappa shape index (κ1) is 14.2. The molecule has 0 fully saturated rings. The largest absolute Gasteiger partial charge is 0.297 e. The smallest absolute Gasteiger partial charge is 0.273 e. The molecule has 8 heteroatoms. The van der Waals surface area contributed by atoms with Crippen LogP contribution in [-0.4, -0.2) is 23.2 Å². The first-order valence-corrected chi connectivity index (χ1v) is 7.91. The van der Waals surface area contributed by atoms with Crippen molar-refractivity contribution < 1.29 is 8.42 Å². The molecule has 19 heavy (non-hydrogen) atoms. The SMILES string of the molecule is CCn1c(-c2ccc(C)c(Br)c2)nnc1S(N)(=O)=O. The Morgan fingerprint density at radius 3 is 2.58 bits per heavy atom. The van der Waals surface area contributed by atoms with Crippen LogP contribution in [0.2, 0.25) is 0 Å². The van der Waals surface area contributed by atoms with E-state index in [1.165, 1.54) is 4.57 Å². The maximum absolute atomic E-state index is 11.4. The molecule has 2 rings (SSSR count). The minimum atomic E-state index is -3.87. The van der Waals surface area contributed by atoms with Crippen molar-refractivity contribution in [1.82, 2.24) is 14.8 Å². The van der Waals surface area contributed by atoms with E-state index in [1.54, 1.807) is 0 Å². The number of nitrogens with two attached hydrogens (primary N) is 1. The third-order valence-electron chi connectivity index (χ3n) is 2.72. The third-order valence-corrected chi connectivity index (χ3v) is 4.38. The second kappa shape index (κ2) is 5.03. The Morgan fingerprint density at radius 2 is 2.05 bits per heavy atom. The van der Waals surface area contributed by atoms with Crippen molar-refractivity contribution in [2.24, 2.45) is 5.14 Å². The van der Waals surface area contributed by atoms with Gasteiger partial charge in [0.05, 0.1) is 0 Å². The summed E-state index contributed by atoms with van der Waals surface area (Å²) in [6.45, 7) is 4.19. The molecule has 1 aromatic carbocycles. The molecule has 0 bridgehead atoms. The van der Waals surface area contributed by atoms with Crippen LogP contribution in [0, 0.1) is 6.92 Å². The molecular formula is C11H13BrN4O2S. The van der Waals surface area contributed by atoms with E-state index in [0.29, 0.717) is 12.4 Å². The second-order valence-corrected chi connectivity index (χ2v) is 6.37. The highest BCUT2D eigenvalue weighted by Gasteiger charge is 2.21. The highest BCUT2D eigenvalue weighted by atomic mass is 79.9. The van der Waals surface area contributed by atoms with Gasteiger partial charge in [-0.1, -0.05) is 28.1 Å². The Balaban J connectivity index is 2.63. The van der Waals surface area contributed by atoms with Crippen molar-refractivity contribution in [3.63, 3.8) is 0 Å². The zero-order chi connectivity index (χ0) is 14.2. The third kappa shape index (κ3) is 2.70. The number of benzene rings is 1. The number of hydrogen-bond acceptors (Lipinski definition) is 4. The summed E-state index contributed by atoms with van der Waals surface area (Å²) in [6, 6.07) is 5.66. The molecule has 0 spiro atoms. The number of sulfonamides is 1. The van der Waals surface area contributed by atoms with Gasteiger partial charge in [-0.15, -0.1) is 10.2 Å². The molecule has 0 radical (unpaired) electrons. The summed E-state index contributed by atoms with van der Waals surface area (Å²) in [5.41, 5.74) is 1.86. The molecule has 0 aliphatic carbocycles. The number of aryl methyl sites for hydroxylation is 1. The van der Waals surface area contributed by atoms with E-state index in [2.05, 4.69) is 26.1 Å². The molecule has 102 valence electrons. The van der Waals surface area contributed by atoms with Gasteiger partial charge in [0, 0.05) is 16.6 Å². The monoisotopic (exact) mass is 344 g/mol. The average Bonchev–Trinajstić information content (AvgIpc) is 2.76. The minimum Gasteiger partial charge on any atom is -0.297 e. The molecule has 0 amide bonds. The Labute approximate surface area is 119 Å². The molecule has 1 aromatic heterocycles. The highest BCUT2D eigenvalue weighted by Crippen LogP contribution is 2.25. The fourth-order valence-electron chi connectivity index (χ4n) is 1.73. The number of halogens is 1. The van der Waals surface area contributed by atoms with Crippen molar-refractivity contribution in [3.8, 4) is 11.4 Å². The fraction of sp³-hybridized carbons (Fsp3) is 0.273. The van der Waals surface area contributed by atoms with Crippen LogP contribution in [0.25, 0.3) is 11.4 Å². The van der Waals surface area contributed by atoms with Crippen molar-refractivity contribution in [3.05, 3.63) is 28.2 Å². The normalized spacial score (nSPS) is 11.8. The van der Waals surface area contributed by atoms with E-state index in [0.717, 1.165) is 15.6 Å². The molecule has 2 N–H and O–H groups in total. The van der Waals surface area contributed by atoms with Crippen LogP contribution in [0.4, 0.5) is 0 Å². The lowest BCUT2D eigenvalue weighted by atomic mass is 10.1. The molecule has 0 atom stereocenters. The van der Waals surface area contributed by atoms with Crippen LogP contribution < -0.4 is 5.14 Å². The molecule has 2 aromatic rings. The average molecular weight is 345 g/mol. The predicted molar refractivity (Wildman–Crippen MR) is 74.9 cm³/mol. The van der Waals surface area contributed by atoms with Crippen molar-refractivity contribution in [1.29, 1.82) is 0 Å². The zero-order valence-electron chi connectivity index (χ0n) is 10.5. The van der Waals surface area contributed by atoms with Gasteiger partial charge in [-0.2, -0.15) is 0 Å². The van der Waals surface area contributed by atoms with Crippen molar-refractivity contribution in [2.75, 3.05) is 0 Å². The van der Waals surface area contributed by atoms with Crippen LogP contribution in [0.15, 0.2) is 27.8 Å². The van der Waals surface area contributed by atoms with Gasteiger partial charge in [0.15, 0.2) is 5.82 Å². The van der Waals surface area contributed by atoms with E-state index in [9.17, 15) is 8.42 Å². The van der Waals surface area contributed by atoms with Crippen LogP contribution in [0.3, 0.4) is 0 Å². The first-order chi connectivity index (χ1) is 8.84. The maximum atomic E-state index is 11.4. The summed E-state index contributed by atoms with van der Waals surface area (Å²) in [6.07, 6.45) is 0. The van der Waals surface area contributed by atoms with Gasteiger partial charge in [-0.3, -0.25) is 4.57 Å². The van der Waals surface area contributed by atoms with E-state index in [-0.39, 0.29) is 5.16 Å². The molecule has 0 saturated carbocycles.